The van der Waals surface area contributed by atoms with Gasteiger partial charge >= 0.3 is 0 Å². The zero-order chi connectivity index (χ0) is 28.7. The summed E-state index contributed by atoms with van der Waals surface area (Å²) in [5.74, 6) is 0.0545. The van der Waals surface area contributed by atoms with Crippen molar-refractivity contribution in [2.24, 2.45) is 5.92 Å². The number of likely N-dealkylation sites (tertiary alicyclic amines) is 1. The minimum Gasteiger partial charge on any atom is -0.484 e. The highest BCUT2D eigenvalue weighted by Crippen LogP contribution is 2.39. The van der Waals surface area contributed by atoms with Gasteiger partial charge in [-0.3, -0.25) is 14.5 Å². The molecule has 1 unspecified atom stereocenters. The average molecular weight is 561 g/mol. The Kier molecular flexibility index (Phi) is 8.47. The molecule has 0 bridgehead atoms. The number of carbonyl (C=O) groups is 2. The van der Waals surface area contributed by atoms with E-state index < -0.39 is 0 Å². The van der Waals surface area contributed by atoms with Crippen molar-refractivity contribution in [3.05, 3.63) is 125 Å². The zero-order valence-electron chi connectivity index (χ0n) is 23.6. The number of benzene rings is 3. The second kappa shape index (κ2) is 12.9. The zero-order valence-corrected chi connectivity index (χ0v) is 23.6. The highest BCUT2D eigenvalue weighted by molar-refractivity contribution is 6.07. The number of fused-ring (bicyclic) bond motifs is 1. The van der Waals surface area contributed by atoms with Crippen molar-refractivity contribution in [2.75, 3.05) is 25.0 Å². The van der Waals surface area contributed by atoms with Gasteiger partial charge < -0.3 is 20.7 Å². The van der Waals surface area contributed by atoms with Crippen LogP contribution >= 0.6 is 0 Å². The maximum absolute atomic E-state index is 13.4. The molecule has 1 atom stereocenters. The number of allylic oxidation sites excluding steroid dienone is 4. The van der Waals surface area contributed by atoms with E-state index in [1.807, 2.05) is 72.8 Å². The first-order chi connectivity index (χ1) is 20.6. The van der Waals surface area contributed by atoms with Crippen molar-refractivity contribution in [2.45, 2.75) is 32.2 Å². The number of nitrogens with one attached hydrogen (secondary N) is 3. The first kappa shape index (κ1) is 27.5. The molecule has 2 heterocycles. The highest BCUT2D eigenvalue weighted by Gasteiger charge is 2.38. The van der Waals surface area contributed by atoms with Crippen molar-refractivity contribution in [1.82, 2.24) is 15.5 Å². The Labute approximate surface area is 247 Å². The number of piperidine rings is 1. The molecule has 7 heteroatoms. The summed E-state index contributed by atoms with van der Waals surface area (Å²) < 4.78 is 5.60. The van der Waals surface area contributed by atoms with Crippen LogP contribution in [0.5, 0.6) is 5.75 Å². The molecule has 3 aliphatic rings. The van der Waals surface area contributed by atoms with Crippen LogP contribution in [0.3, 0.4) is 0 Å². The van der Waals surface area contributed by atoms with E-state index in [2.05, 4.69) is 45.1 Å². The molecule has 3 aromatic carbocycles. The quantitative estimate of drug-likeness (QED) is 0.297. The fraction of sp³-hybridized carbons (Fsp3) is 0.257. The van der Waals surface area contributed by atoms with Gasteiger partial charge in [-0.1, -0.05) is 67.1 Å². The number of hydrogen-bond donors (Lipinski definition) is 3. The molecule has 0 radical (unpaired) electrons. The van der Waals surface area contributed by atoms with E-state index in [1.54, 1.807) is 0 Å². The van der Waals surface area contributed by atoms with Gasteiger partial charge in [-0.15, -0.1) is 0 Å². The third-order valence-corrected chi connectivity index (χ3v) is 7.94. The number of ether oxygens (including phenoxy) is 1. The van der Waals surface area contributed by atoms with Gasteiger partial charge in [-0.2, -0.15) is 0 Å². The summed E-state index contributed by atoms with van der Waals surface area (Å²) in [6.45, 7) is 3.19. The van der Waals surface area contributed by atoms with E-state index in [0.717, 1.165) is 48.0 Å². The van der Waals surface area contributed by atoms with Crippen molar-refractivity contribution in [3.8, 4) is 5.75 Å². The number of carbonyl (C=O) groups excluding carboxylic acids is 2. The molecule has 2 amide bonds. The molecule has 3 N–H and O–H groups in total. The SMILES string of the molecule is O=C(COc1ccccc1)NC1=CC=C2NC(=O)C(=C(Nc3ccc(CN4CCCCC4)cc3)c3ccccc3)C2C1. The standard InChI is InChI=1S/C35H36N4O3/c40-32(24-42-29-12-6-2-7-13-29)36-28-18-19-31-30(22-28)33(35(41)38-31)34(26-10-4-1-5-11-26)37-27-16-14-25(15-17-27)23-39-20-8-3-9-21-39/h1-2,4-7,10-19,30,37H,3,8-9,20-24H2,(H,36,40)(H,38,41). The minimum atomic E-state index is -0.240. The fourth-order valence-electron chi connectivity index (χ4n) is 5.82. The lowest BCUT2D eigenvalue weighted by Crippen LogP contribution is -2.30. The summed E-state index contributed by atoms with van der Waals surface area (Å²) in [6, 6.07) is 27.7. The Morgan fingerprint density at radius 2 is 1.57 bits per heavy atom. The minimum absolute atomic E-state index is 0.0902. The third kappa shape index (κ3) is 6.64. The van der Waals surface area contributed by atoms with E-state index >= 15 is 0 Å². The van der Waals surface area contributed by atoms with Crippen molar-refractivity contribution < 1.29 is 14.3 Å². The van der Waals surface area contributed by atoms with Gasteiger partial charge in [0.05, 0.1) is 11.3 Å². The fourth-order valence-corrected chi connectivity index (χ4v) is 5.82. The summed E-state index contributed by atoms with van der Waals surface area (Å²) in [6.07, 6.45) is 8.10. The van der Waals surface area contributed by atoms with Gasteiger partial charge in [-0.25, -0.2) is 0 Å². The average Bonchev–Trinajstić information content (AvgIpc) is 3.36. The molecule has 7 nitrogen and oxygen atoms in total. The molecule has 0 aromatic heterocycles. The highest BCUT2D eigenvalue weighted by atomic mass is 16.5. The predicted octanol–water partition coefficient (Wildman–Crippen LogP) is 5.61. The van der Waals surface area contributed by atoms with Crippen LogP contribution in [0.15, 0.2) is 114 Å². The van der Waals surface area contributed by atoms with Crippen LogP contribution < -0.4 is 20.7 Å². The van der Waals surface area contributed by atoms with Crippen molar-refractivity contribution in [1.29, 1.82) is 0 Å². The van der Waals surface area contributed by atoms with Gasteiger partial charge in [0.2, 0.25) is 0 Å². The van der Waals surface area contributed by atoms with E-state index in [4.69, 9.17) is 4.74 Å². The Bertz CT molecular complexity index is 1500. The van der Waals surface area contributed by atoms with Crippen molar-refractivity contribution >= 4 is 23.2 Å². The van der Waals surface area contributed by atoms with Crippen LogP contribution in [-0.2, 0) is 16.1 Å². The van der Waals surface area contributed by atoms with E-state index in [9.17, 15) is 9.59 Å². The smallest absolute Gasteiger partial charge is 0.262 e. The Balaban J connectivity index is 1.20. The second-order valence-corrected chi connectivity index (χ2v) is 11.0. The van der Waals surface area contributed by atoms with Crippen LogP contribution in [0.25, 0.3) is 5.70 Å². The molecule has 2 saturated heterocycles. The van der Waals surface area contributed by atoms with Crippen LogP contribution in [0, 0.1) is 5.92 Å². The number of anilines is 1. The molecule has 3 aromatic rings. The van der Waals surface area contributed by atoms with Crippen molar-refractivity contribution in [3.63, 3.8) is 0 Å². The van der Waals surface area contributed by atoms with Crippen LogP contribution in [-0.4, -0.2) is 36.4 Å². The molecule has 0 saturated carbocycles. The molecule has 42 heavy (non-hydrogen) atoms. The molecule has 6 rings (SSSR count). The van der Waals surface area contributed by atoms with Gasteiger partial charge in [-0.05, 0) is 73.5 Å². The van der Waals surface area contributed by atoms with E-state index in [1.165, 1.54) is 24.8 Å². The number of hydrogen-bond acceptors (Lipinski definition) is 5. The number of rotatable bonds is 9. The van der Waals surface area contributed by atoms with Crippen LogP contribution in [0.4, 0.5) is 5.69 Å². The van der Waals surface area contributed by atoms with Gasteiger partial charge in [0.25, 0.3) is 11.8 Å². The summed E-state index contributed by atoms with van der Waals surface area (Å²) in [4.78, 5) is 28.6. The first-order valence-electron chi connectivity index (χ1n) is 14.7. The molecule has 1 aliphatic carbocycles. The molecular formula is C35H36N4O3. The van der Waals surface area contributed by atoms with Crippen LogP contribution in [0.2, 0.25) is 0 Å². The summed E-state index contributed by atoms with van der Waals surface area (Å²) >= 11 is 0. The normalized spacial score (nSPS) is 19.6. The Hall–Kier alpha value is -4.62. The summed E-state index contributed by atoms with van der Waals surface area (Å²) in [5.41, 5.74) is 6.14. The lowest BCUT2D eigenvalue weighted by atomic mass is 9.88. The maximum Gasteiger partial charge on any atom is 0.262 e. The Morgan fingerprint density at radius 1 is 0.857 bits per heavy atom. The van der Waals surface area contributed by atoms with Gasteiger partial charge in [0, 0.05) is 36.0 Å². The topological polar surface area (TPSA) is 82.7 Å². The molecule has 2 aliphatic heterocycles. The number of amides is 2. The Morgan fingerprint density at radius 3 is 2.31 bits per heavy atom. The van der Waals surface area contributed by atoms with Crippen LogP contribution in [0.1, 0.15) is 36.8 Å². The molecule has 214 valence electrons. The van der Waals surface area contributed by atoms with Gasteiger partial charge in [0.15, 0.2) is 6.61 Å². The van der Waals surface area contributed by atoms with E-state index in [0.29, 0.717) is 17.7 Å². The molecule has 0 spiro atoms. The van der Waals surface area contributed by atoms with Gasteiger partial charge in [0.1, 0.15) is 5.75 Å². The maximum atomic E-state index is 13.4. The first-order valence-corrected chi connectivity index (χ1v) is 14.7. The summed E-state index contributed by atoms with van der Waals surface area (Å²) in [5, 5.41) is 9.60. The number of para-hydroxylation sites is 1. The summed E-state index contributed by atoms with van der Waals surface area (Å²) in [7, 11) is 0. The second-order valence-electron chi connectivity index (χ2n) is 11.0. The lowest BCUT2D eigenvalue weighted by Gasteiger charge is -2.26. The largest absolute Gasteiger partial charge is 0.484 e. The lowest BCUT2D eigenvalue weighted by molar-refractivity contribution is -0.122. The number of nitrogens with zero attached hydrogens (tertiary/aromatic N) is 1. The van der Waals surface area contributed by atoms with E-state index in [-0.39, 0.29) is 24.3 Å². The molecule has 2 fully saturated rings. The molecular weight excluding hydrogens is 524 g/mol. The monoisotopic (exact) mass is 560 g/mol. The predicted molar refractivity (Wildman–Crippen MR) is 165 cm³/mol. The third-order valence-electron chi connectivity index (χ3n) is 7.94.